The molecule has 0 aliphatic heterocycles. The molecule has 1 aromatic rings. The normalized spacial score (nSPS) is 12.0. The third-order valence-electron chi connectivity index (χ3n) is 1.43. The third-order valence-corrected chi connectivity index (χ3v) is 1.43. The predicted molar refractivity (Wildman–Crippen MR) is 45.6 cm³/mol. The SMILES string of the molecule is CCc1noc(CC(C)(C)N)n1. The Balaban J connectivity index is 2.64. The van der Waals surface area contributed by atoms with Crippen LogP contribution >= 0.6 is 0 Å². The van der Waals surface area contributed by atoms with Crippen molar-refractivity contribution < 1.29 is 4.52 Å². The first-order valence-corrected chi connectivity index (χ1v) is 4.11. The van der Waals surface area contributed by atoms with Crippen LogP contribution in [-0.4, -0.2) is 15.7 Å². The molecule has 1 aromatic heterocycles. The summed E-state index contributed by atoms with van der Waals surface area (Å²) in [6.07, 6.45) is 1.43. The molecule has 0 saturated carbocycles. The highest BCUT2D eigenvalue weighted by molar-refractivity contribution is 4.91. The van der Waals surface area contributed by atoms with Crippen LogP contribution in [-0.2, 0) is 12.8 Å². The van der Waals surface area contributed by atoms with Crippen molar-refractivity contribution in [3.63, 3.8) is 0 Å². The second-order valence-electron chi connectivity index (χ2n) is 3.62. The van der Waals surface area contributed by atoms with Gasteiger partial charge < -0.3 is 10.3 Å². The van der Waals surface area contributed by atoms with Crippen LogP contribution in [0.3, 0.4) is 0 Å². The van der Waals surface area contributed by atoms with Crippen LogP contribution in [0.15, 0.2) is 4.52 Å². The minimum absolute atomic E-state index is 0.280. The van der Waals surface area contributed by atoms with E-state index in [0.717, 1.165) is 12.2 Å². The van der Waals surface area contributed by atoms with E-state index >= 15 is 0 Å². The van der Waals surface area contributed by atoms with Crippen LogP contribution in [0, 0.1) is 0 Å². The van der Waals surface area contributed by atoms with Gasteiger partial charge in [0.05, 0.1) is 0 Å². The number of nitrogens with zero attached hydrogens (tertiary/aromatic N) is 2. The number of rotatable bonds is 3. The van der Waals surface area contributed by atoms with Crippen LogP contribution in [0.4, 0.5) is 0 Å². The van der Waals surface area contributed by atoms with E-state index in [4.69, 9.17) is 10.3 Å². The molecule has 1 rings (SSSR count). The van der Waals surface area contributed by atoms with Gasteiger partial charge in [-0.2, -0.15) is 4.98 Å². The van der Waals surface area contributed by atoms with Gasteiger partial charge in [0.15, 0.2) is 5.82 Å². The van der Waals surface area contributed by atoms with Gasteiger partial charge in [-0.3, -0.25) is 0 Å². The van der Waals surface area contributed by atoms with Crippen molar-refractivity contribution in [2.24, 2.45) is 5.73 Å². The molecule has 1 heterocycles. The fourth-order valence-corrected chi connectivity index (χ4v) is 0.895. The maximum atomic E-state index is 5.79. The van der Waals surface area contributed by atoms with Crippen molar-refractivity contribution in [2.45, 2.75) is 39.2 Å². The maximum absolute atomic E-state index is 5.79. The number of nitrogens with two attached hydrogens (primary N) is 1. The summed E-state index contributed by atoms with van der Waals surface area (Å²) in [4.78, 5) is 4.16. The predicted octanol–water partition coefficient (Wildman–Crippen LogP) is 0.912. The van der Waals surface area contributed by atoms with E-state index in [1.807, 2.05) is 20.8 Å². The van der Waals surface area contributed by atoms with Crippen molar-refractivity contribution >= 4 is 0 Å². The summed E-state index contributed by atoms with van der Waals surface area (Å²) >= 11 is 0. The quantitative estimate of drug-likeness (QED) is 0.730. The Bertz CT molecular complexity index is 249. The second-order valence-corrected chi connectivity index (χ2v) is 3.62. The minimum atomic E-state index is -0.280. The second kappa shape index (κ2) is 3.23. The summed E-state index contributed by atoms with van der Waals surface area (Å²) in [6.45, 7) is 5.86. The topological polar surface area (TPSA) is 64.9 Å². The van der Waals surface area contributed by atoms with Gasteiger partial charge in [-0.15, -0.1) is 0 Å². The van der Waals surface area contributed by atoms with Crippen molar-refractivity contribution in [2.75, 3.05) is 0 Å². The third kappa shape index (κ3) is 2.62. The Kier molecular flexibility index (Phi) is 2.47. The summed E-state index contributed by atoms with van der Waals surface area (Å²) in [5.74, 6) is 1.37. The molecule has 0 atom stereocenters. The summed E-state index contributed by atoms with van der Waals surface area (Å²) in [7, 11) is 0. The van der Waals surface area contributed by atoms with Crippen molar-refractivity contribution in [3.8, 4) is 0 Å². The van der Waals surface area contributed by atoms with Gasteiger partial charge in [0.1, 0.15) is 0 Å². The van der Waals surface area contributed by atoms with Crippen LogP contribution in [0.2, 0.25) is 0 Å². The number of aryl methyl sites for hydroxylation is 1. The van der Waals surface area contributed by atoms with Crippen molar-refractivity contribution in [1.82, 2.24) is 10.1 Å². The first kappa shape index (κ1) is 9.19. The molecular weight excluding hydrogens is 154 g/mol. The zero-order chi connectivity index (χ0) is 9.19. The summed E-state index contributed by atoms with van der Waals surface area (Å²) in [5.41, 5.74) is 5.51. The lowest BCUT2D eigenvalue weighted by Crippen LogP contribution is -2.34. The molecule has 0 aromatic carbocycles. The fourth-order valence-electron chi connectivity index (χ4n) is 0.895. The first-order chi connectivity index (χ1) is 5.51. The molecule has 0 aliphatic carbocycles. The molecule has 0 unspecified atom stereocenters. The molecule has 4 heteroatoms. The first-order valence-electron chi connectivity index (χ1n) is 4.11. The van der Waals surface area contributed by atoms with Gasteiger partial charge >= 0.3 is 0 Å². The van der Waals surface area contributed by atoms with Crippen molar-refractivity contribution in [3.05, 3.63) is 11.7 Å². The Hall–Kier alpha value is -0.900. The summed E-state index contributed by atoms with van der Waals surface area (Å²) < 4.78 is 4.99. The average Bonchev–Trinajstić information content (AvgIpc) is 2.32. The molecular formula is C8H15N3O. The molecule has 0 radical (unpaired) electrons. The molecule has 0 fully saturated rings. The van der Waals surface area contributed by atoms with Gasteiger partial charge in [-0.1, -0.05) is 12.1 Å². The van der Waals surface area contributed by atoms with Gasteiger partial charge in [-0.25, -0.2) is 0 Å². The van der Waals surface area contributed by atoms with Gasteiger partial charge in [0.2, 0.25) is 5.89 Å². The Labute approximate surface area is 72.1 Å². The van der Waals surface area contributed by atoms with E-state index in [2.05, 4.69) is 10.1 Å². The highest BCUT2D eigenvalue weighted by Gasteiger charge is 2.16. The minimum Gasteiger partial charge on any atom is -0.339 e. The van der Waals surface area contributed by atoms with E-state index in [1.165, 1.54) is 0 Å². The monoisotopic (exact) mass is 169 g/mol. The zero-order valence-electron chi connectivity index (χ0n) is 7.79. The molecule has 0 saturated heterocycles. The van der Waals surface area contributed by atoms with Gasteiger partial charge in [0.25, 0.3) is 0 Å². The van der Waals surface area contributed by atoms with Crippen LogP contribution in [0.1, 0.15) is 32.5 Å². The number of hydrogen-bond acceptors (Lipinski definition) is 4. The van der Waals surface area contributed by atoms with Crippen LogP contribution in [0.5, 0.6) is 0 Å². The smallest absolute Gasteiger partial charge is 0.228 e. The number of aromatic nitrogens is 2. The highest BCUT2D eigenvalue weighted by atomic mass is 16.5. The molecule has 68 valence electrons. The average molecular weight is 169 g/mol. The number of hydrogen-bond donors (Lipinski definition) is 1. The largest absolute Gasteiger partial charge is 0.339 e. The molecule has 0 spiro atoms. The lowest BCUT2D eigenvalue weighted by atomic mass is 10.0. The molecule has 0 bridgehead atoms. The molecule has 12 heavy (non-hydrogen) atoms. The molecule has 2 N–H and O–H groups in total. The lowest BCUT2D eigenvalue weighted by Gasteiger charge is -2.14. The van der Waals surface area contributed by atoms with Crippen LogP contribution in [0.25, 0.3) is 0 Å². The summed E-state index contributed by atoms with van der Waals surface area (Å²) in [5, 5.41) is 3.78. The molecule has 0 amide bonds. The van der Waals surface area contributed by atoms with E-state index in [0.29, 0.717) is 12.3 Å². The van der Waals surface area contributed by atoms with Gasteiger partial charge in [0, 0.05) is 18.4 Å². The lowest BCUT2D eigenvalue weighted by molar-refractivity contribution is 0.345. The molecule has 0 aliphatic rings. The summed E-state index contributed by atoms with van der Waals surface area (Å²) in [6, 6.07) is 0. The van der Waals surface area contributed by atoms with Crippen LogP contribution < -0.4 is 5.73 Å². The van der Waals surface area contributed by atoms with E-state index in [-0.39, 0.29) is 5.54 Å². The standard InChI is InChI=1S/C8H15N3O/c1-4-6-10-7(12-11-6)5-8(2,3)9/h4-5,9H2,1-3H3. The Morgan fingerprint density at radius 3 is 2.58 bits per heavy atom. The zero-order valence-corrected chi connectivity index (χ0v) is 7.79. The Morgan fingerprint density at radius 2 is 2.17 bits per heavy atom. The fraction of sp³-hybridized carbons (Fsp3) is 0.750. The maximum Gasteiger partial charge on any atom is 0.228 e. The van der Waals surface area contributed by atoms with Gasteiger partial charge in [-0.05, 0) is 13.8 Å². The highest BCUT2D eigenvalue weighted by Crippen LogP contribution is 2.07. The van der Waals surface area contributed by atoms with E-state index in [9.17, 15) is 0 Å². The van der Waals surface area contributed by atoms with E-state index < -0.39 is 0 Å². The van der Waals surface area contributed by atoms with E-state index in [1.54, 1.807) is 0 Å². The van der Waals surface area contributed by atoms with Crippen molar-refractivity contribution in [1.29, 1.82) is 0 Å². The molecule has 4 nitrogen and oxygen atoms in total. The Morgan fingerprint density at radius 1 is 1.50 bits per heavy atom.